The number of primary sulfonamides is 1. The molecule has 1 aromatic carbocycles. The van der Waals surface area contributed by atoms with Gasteiger partial charge in [0.25, 0.3) is 0 Å². The first-order chi connectivity index (χ1) is 6.45. The lowest BCUT2D eigenvalue weighted by Gasteiger charge is -2.08. The predicted molar refractivity (Wildman–Crippen MR) is 62.5 cm³/mol. The lowest BCUT2D eigenvalue weighted by molar-refractivity contribution is 0.597. The quantitative estimate of drug-likeness (QED) is 0.833. The summed E-state index contributed by atoms with van der Waals surface area (Å²) in [6, 6.07) is 6.46. The Bertz CT molecular complexity index is 403. The molecule has 86 valence electrons. The summed E-state index contributed by atoms with van der Waals surface area (Å²) in [5.74, 6) is 0.226. The fourth-order valence-electron chi connectivity index (χ4n) is 1.12. The third-order valence-corrected chi connectivity index (χ3v) is 3.06. The summed E-state index contributed by atoms with van der Waals surface area (Å²) in [5, 5.41) is 4.96. The Hall–Kier alpha value is -0.620. The van der Waals surface area contributed by atoms with E-state index in [-0.39, 0.29) is 23.2 Å². The van der Waals surface area contributed by atoms with Gasteiger partial charge in [0.2, 0.25) is 10.0 Å². The number of nitrogens with two attached hydrogens (primary N) is 2. The highest BCUT2D eigenvalue weighted by Crippen LogP contribution is 2.16. The Kier molecular flexibility index (Phi) is 5.23. The van der Waals surface area contributed by atoms with Gasteiger partial charge in [-0.05, 0) is 30.2 Å². The second-order valence-electron chi connectivity index (χ2n) is 3.25. The fourth-order valence-corrected chi connectivity index (χ4v) is 1.64. The summed E-state index contributed by atoms with van der Waals surface area (Å²) >= 11 is 0. The van der Waals surface area contributed by atoms with Crippen molar-refractivity contribution < 1.29 is 8.42 Å². The maximum Gasteiger partial charge on any atom is 0.238 e. The number of sulfonamides is 1. The van der Waals surface area contributed by atoms with Gasteiger partial charge in [0.05, 0.1) is 4.90 Å². The van der Waals surface area contributed by atoms with Crippen LogP contribution < -0.4 is 10.9 Å². The van der Waals surface area contributed by atoms with Gasteiger partial charge < -0.3 is 5.73 Å². The fraction of sp³-hybridized carbons (Fsp3) is 0.333. The molecule has 0 aliphatic heterocycles. The molecule has 0 aliphatic carbocycles. The largest absolute Gasteiger partial charge is 0.330 e. The number of hydrogen-bond acceptors (Lipinski definition) is 3. The highest BCUT2D eigenvalue weighted by atomic mass is 35.5. The van der Waals surface area contributed by atoms with E-state index in [1.807, 2.05) is 6.92 Å². The van der Waals surface area contributed by atoms with Crippen LogP contribution in [0.1, 0.15) is 18.4 Å². The number of benzene rings is 1. The topological polar surface area (TPSA) is 86.2 Å². The average Bonchev–Trinajstić information content (AvgIpc) is 2.15. The molecule has 4 nitrogen and oxygen atoms in total. The maximum atomic E-state index is 10.9. The zero-order chi connectivity index (χ0) is 10.8. The monoisotopic (exact) mass is 250 g/mol. The molecule has 1 aromatic rings. The van der Waals surface area contributed by atoms with E-state index in [2.05, 4.69) is 0 Å². The Morgan fingerprint density at radius 2 is 1.73 bits per heavy atom. The van der Waals surface area contributed by atoms with Crippen molar-refractivity contribution in [1.82, 2.24) is 0 Å². The lowest BCUT2D eigenvalue weighted by Crippen LogP contribution is -2.13. The van der Waals surface area contributed by atoms with Crippen LogP contribution in [0, 0.1) is 0 Å². The van der Waals surface area contributed by atoms with Gasteiger partial charge in [0.1, 0.15) is 0 Å². The molecule has 4 N–H and O–H groups in total. The number of hydrogen-bond donors (Lipinski definition) is 2. The van der Waals surface area contributed by atoms with Gasteiger partial charge in [0, 0.05) is 0 Å². The standard InChI is InChI=1S/C9H14N2O2S.ClH/c1-7(6-10)8-2-4-9(5-3-8)14(11,12)13;/h2-5,7H,6,10H2,1H3,(H2,11,12,13);1H. The van der Waals surface area contributed by atoms with Gasteiger partial charge >= 0.3 is 0 Å². The molecular formula is C9H15ClN2O2S. The first-order valence-electron chi connectivity index (χ1n) is 4.28. The van der Waals surface area contributed by atoms with Gasteiger partial charge in [0.15, 0.2) is 0 Å². The van der Waals surface area contributed by atoms with Crippen molar-refractivity contribution in [2.75, 3.05) is 6.54 Å². The second-order valence-corrected chi connectivity index (χ2v) is 4.81. The predicted octanol–water partition coefficient (Wildman–Crippen LogP) is 0.818. The molecule has 0 saturated carbocycles. The van der Waals surface area contributed by atoms with Crippen molar-refractivity contribution in [2.45, 2.75) is 17.7 Å². The zero-order valence-corrected chi connectivity index (χ0v) is 10.0. The Morgan fingerprint density at radius 1 is 1.27 bits per heavy atom. The van der Waals surface area contributed by atoms with Gasteiger partial charge in [-0.25, -0.2) is 13.6 Å². The maximum absolute atomic E-state index is 10.9. The molecule has 6 heteroatoms. The summed E-state index contributed by atoms with van der Waals surface area (Å²) in [6.45, 7) is 2.51. The van der Waals surface area contributed by atoms with E-state index in [1.165, 1.54) is 12.1 Å². The zero-order valence-electron chi connectivity index (χ0n) is 8.38. The van der Waals surface area contributed by atoms with Crippen LogP contribution in [0.2, 0.25) is 0 Å². The smallest absolute Gasteiger partial charge is 0.238 e. The molecule has 1 rings (SSSR count). The third-order valence-electron chi connectivity index (χ3n) is 2.13. The molecule has 1 unspecified atom stereocenters. The highest BCUT2D eigenvalue weighted by molar-refractivity contribution is 7.89. The molecule has 0 bridgehead atoms. The molecular weight excluding hydrogens is 236 g/mol. The van der Waals surface area contributed by atoms with E-state index in [4.69, 9.17) is 10.9 Å². The second kappa shape index (κ2) is 5.46. The van der Waals surface area contributed by atoms with E-state index >= 15 is 0 Å². The van der Waals surface area contributed by atoms with Gasteiger partial charge in [-0.15, -0.1) is 12.4 Å². The van der Waals surface area contributed by atoms with Crippen LogP contribution in [0.3, 0.4) is 0 Å². The summed E-state index contributed by atoms with van der Waals surface area (Å²) < 4.78 is 21.9. The van der Waals surface area contributed by atoms with E-state index in [1.54, 1.807) is 12.1 Å². The van der Waals surface area contributed by atoms with Gasteiger partial charge in [-0.1, -0.05) is 19.1 Å². The molecule has 0 radical (unpaired) electrons. The van der Waals surface area contributed by atoms with Crippen molar-refractivity contribution in [3.8, 4) is 0 Å². The van der Waals surface area contributed by atoms with E-state index < -0.39 is 10.0 Å². The first-order valence-corrected chi connectivity index (χ1v) is 5.82. The van der Waals surface area contributed by atoms with Crippen LogP contribution in [0.4, 0.5) is 0 Å². The summed E-state index contributed by atoms with van der Waals surface area (Å²) in [4.78, 5) is 0.130. The minimum absolute atomic E-state index is 0. The van der Waals surface area contributed by atoms with Crippen molar-refractivity contribution in [2.24, 2.45) is 10.9 Å². The summed E-state index contributed by atoms with van der Waals surface area (Å²) in [6.07, 6.45) is 0. The van der Waals surface area contributed by atoms with E-state index in [0.29, 0.717) is 6.54 Å². The van der Waals surface area contributed by atoms with E-state index in [9.17, 15) is 8.42 Å². The molecule has 0 fully saturated rings. The minimum Gasteiger partial charge on any atom is -0.330 e. The van der Waals surface area contributed by atoms with Crippen LogP contribution in [0.5, 0.6) is 0 Å². The van der Waals surface area contributed by atoms with Crippen LogP contribution in [0.25, 0.3) is 0 Å². The van der Waals surface area contributed by atoms with E-state index in [0.717, 1.165) is 5.56 Å². The molecule has 0 saturated heterocycles. The third kappa shape index (κ3) is 3.79. The summed E-state index contributed by atoms with van der Waals surface area (Å²) in [5.41, 5.74) is 6.50. The summed E-state index contributed by atoms with van der Waals surface area (Å²) in [7, 11) is -3.58. The molecule has 15 heavy (non-hydrogen) atoms. The number of rotatable bonds is 3. The molecule has 1 atom stereocenters. The van der Waals surface area contributed by atoms with Crippen molar-refractivity contribution in [3.05, 3.63) is 29.8 Å². The molecule has 0 heterocycles. The van der Waals surface area contributed by atoms with Crippen LogP contribution in [0.15, 0.2) is 29.2 Å². The molecule has 0 aliphatic rings. The van der Waals surface area contributed by atoms with Crippen LogP contribution in [-0.4, -0.2) is 15.0 Å². The van der Waals surface area contributed by atoms with Crippen molar-refractivity contribution >= 4 is 22.4 Å². The van der Waals surface area contributed by atoms with Crippen molar-refractivity contribution in [3.63, 3.8) is 0 Å². The van der Waals surface area contributed by atoms with Gasteiger partial charge in [-0.2, -0.15) is 0 Å². The normalized spacial score (nSPS) is 13.0. The average molecular weight is 251 g/mol. The van der Waals surface area contributed by atoms with Crippen molar-refractivity contribution in [1.29, 1.82) is 0 Å². The molecule has 0 spiro atoms. The van der Waals surface area contributed by atoms with Gasteiger partial charge in [-0.3, -0.25) is 0 Å². The Labute approximate surface area is 96.1 Å². The van der Waals surface area contributed by atoms with Crippen LogP contribution in [-0.2, 0) is 10.0 Å². The Morgan fingerprint density at radius 3 is 2.07 bits per heavy atom. The minimum atomic E-state index is -3.58. The molecule has 0 amide bonds. The SMILES string of the molecule is CC(CN)c1ccc(S(N)(=O)=O)cc1.Cl. The Balaban J connectivity index is 0.00000196. The molecule has 0 aromatic heterocycles. The highest BCUT2D eigenvalue weighted by Gasteiger charge is 2.08. The number of halogens is 1. The lowest BCUT2D eigenvalue weighted by atomic mass is 10.0. The van der Waals surface area contributed by atoms with Crippen LogP contribution >= 0.6 is 12.4 Å². The first kappa shape index (κ1) is 14.4.